The first-order valence-corrected chi connectivity index (χ1v) is 10.3. The first-order valence-electron chi connectivity index (χ1n) is 10.3. The molecular weight excluding hydrogens is 371 g/mol. The summed E-state index contributed by atoms with van der Waals surface area (Å²) >= 11 is 0. The van der Waals surface area contributed by atoms with Crippen LogP contribution in [0.3, 0.4) is 0 Å². The number of hydrogen-bond donors (Lipinski definition) is 2. The fourth-order valence-corrected chi connectivity index (χ4v) is 4.40. The quantitative estimate of drug-likeness (QED) is 0.702. The molecular formula is C22H27FN4O2. The summed E-state index contributed by atoms with van der Waals surface area (Å²) in [6, 6.07) is 10.8. The summed E-state index contributed by atoms with van der Waals surface area (Å²) in [6.45, 7) is 1.96. The second-order valence-electron chi connectivity index (χ2n) is 7.62. The highest BCUT2D eigenvalue weighted by Crippen LogP contribution is 2.31. The number of pyridine rings is 1. The summed E-state index contributed by atoms with van der Waals surface area (Å²) in [4.78, 5) is 19.0. The monoisotopic (exact) mass is 398 g/mol. The summed E-state index contributed by atoms with van der Waals surface area (Å²) in [7, 11) is 0. The Balaban J connectivity index is 1.32. The van der Waals surface area contributed by atoms with Crippen molar-refractivity contribution in [1.82, 2.24) is 20.7 Å². The highest BCUT2D eigenvalue weighted by Gasteiger charge is 2.41. The average Bonchev–Trinajstić information content (AvgIpc) is 3.42. The van der Waals surface area contributed by atoms with Crippen LogP contribution in [-0.4, -0.2) is 47.6 Å². The van der Waals surface area contributed by atoms with Gasteiger partial charge in [-0.3, -0.25) is 20.6 Å². The minimum atomic E-state index is -0.375. The zero-order valence-corrected chi connectivity index (χ0v) is 16.4. The third-order valence-corrected chi connectivity index (χ3v) is 5.82. The molecule has 3 unspecified atom stereocenters. The molecule has 7 heteroatoms. The van der Waals surface area contributed by atoms with E-state index in [1.54, 1.807) is 18.2 Å². The number of likely N-dealkylation sites (tertiary alicyclic amines) is 1. The van der Waals surface area contributed by atoms with E-state index in [4.69, 9.17) is 4.74 Å². The number of hydrogen-bond acceptors (Lipinski definition) is 5. The maximum absolute atomic E-state index is 13.6. The maximum atomic E-state index is 13.6. The highest BCUT2D eigenvalue weighted by atomic mass is 19.1. The van der Waals surface area contributed by atoms with Gasteiger partial charge in [0.2, 0.25) is 5.91 Å². The predicted octanol–water partition coefficient (Wildman–Crippen LogP) is 2.63. The van der Waals surface area contributed by atoms with Gasteiger partial charge in [-0.25, -0.2) is 4.39 Å². The minimum absolute atomic E-state index is 0.145. The molecule has 0 aliphatic carbocycles. The second kappa shape index (κ2) is 9.33. The van der Waals surface area contributed by atoms with Crippen molar-refractivity contribution in [3.8, 4) is 5.75 Å². The van der Waals surface area contributed by atoms with E-state index in [9.17, 15) is 9.18 Å². The van der Waals surface area contributed by atoms with Gasteiger partial charge in [0.25, 0.3) is 0 Å². The van der Waals surface area contributed by atoms with Gasteiger partial charge in [-0.2, -0.15) is 0 Å². The van der Waals surface area contributed by atoms with Crippen LogP contribution < -0.4 is 15.6 Å². The Bertz CT molecular complexity index is 819. The number of carbonyl (C=O) groups is 1. The van der Waals surface area contributed by atoms with Gasteiger partial charge in [-0.15, -0.1) is 0 Å². The lowest BCUT2D eigenvalue weighted by Crippen LogP contribution is -2.49. The second-order valence-corrected chi connectivity index (χ2v) is 7.62. The van der Waals surface area contributed by atoms with Crippen molar-refractivity contribution in [2.75, 3.05) is 19.7 Å². The Morgan fingerprint density at radius 1 is 1.24 bits per heavy atom. The molecule has 2 aliphatic rings. The molecule has 3 atom stereocenters. The van der Waals surface area contributed by atoms with Crippen molar-refractivity contribution >= 4 is 5.91 Å². The zero-order chi connectivity index (χ0) is 20.1. The van der Waals surface area contributed by atoms with Crippen molar-refractivity contribution in [3.63, 3.8) is 0 Å². The Hall–Kier alpha value is -2.51. The molecule has 1 aromatic carbocycles. The molecule has 29 heavy (non-hydrogen) atoms. The van der Waals surface area contributed by atoms with Crippen LogP contribution in [0.2, 0.25) is 0 Å². The fraction of sp³-hybridized carbons (Fsp3) is 0.455. The third kappa shape index (κ3) is 4.57. The first-order chi connectivity index (χ1) is 14.2. The van der Waals surface area contributed by atoms with Gasteiger partial charge in [0.1, 0.15) is 0 Å². The van der Waals surface area contributed by atoms with E-state index in [0.29, 0.717) is 25.4 Å². The molecule has 1 aromatic heterocycles. The summed E-state index contributed by atoms with van der Waals surface area (Å²) in [5.74, 6) is 0.313. The van der Waals surface area contributed by atoms with Crippen LogP contribution in [0.4, 0.5) is 4.39 Å². The molecule has 1 amide bonds. The summed E-state index contributed by atoms with van der Waals surface area (Å²) in [6.07, 6.45) is 6.63. The number of nitrogens with one attached hydrogen (secondary N) is 2. The third-order valence-electron chi connectivity index (χ3n) is 5.82. The SMILES string of the molecule is O=C(CCCOc1ccccc1F)N1CCCC1C1NNCC1c1ccncc1. The maximum Gasteiger partial charge on any atom is 0.223 e. The number of carbonyl (C=O) groups excluding carboxylic acids is 1. The Morgan fingerprint density at radius 3 is 2.90 bits per heavy atom. The average molecular weight is 398 g/mol. The number of para-hydroxylation sites is 1. The normalized spacial score (nSPS) is 24.0. The van der Waals surface area contributed by atoms with Crippen molar-refractivity contribution < 1.29 is 13.9 Å². The lowest BCUT2D eigenvalue weighted by Gasteiger charge is -2.32. The summed E-state index contributed by atoms with van der Waals surface area (Å²) < 4.78 is 19.1. The van der Waals surface area contributed by atoms with Gasteiger partial charge in [0, 0.05) is 49.9 Å². The van der Waals surface area contributed by atoms with Crippen LogP contribution in [0, 0.1) is 5.82 Å². The highest BCUT2D eigenvalue weighted by molar-refractivity contribution is 5.77. The molecule has 0 saturated carbocycles. The van der Waals surface area contributed by atoms with E-state index in [1.807, 2.05) is 29.4 Å². The molecule has 2 aromatic rings. The van der Waals surface area contributed by atoms with Crippen LogP contribution in [0.5, 0.6) is 5.75 Å². The Kier molecular flexibility index (Phi) is 6.36. The van der Waals surface area contributed by atoms with Crippen molar-refractivity contribution in [1.29, 1.82) is 0 Å². The molecule has 3 heterocycles. The van der Waals surface area contributed by atoms with Gasteiger partial charge in [-0.05, 0) is 49.1 Å². The van der Waals surface area contributed by atoms with Gasteiger partial charge in [0.05, 0.1) is 6.61 Å². The predicted molar refractivity (Wildman–Crippen MR) is 108 cm³/mol. The van der Waals surface area contributed by atoms with Gasteiger partial charge >= 0.3 is 0 Å². The molecule has 2 N–H and O–H groups in total. The van der Waals surface area contributed by atoms with Crippen LogP contribution >= 0.6 is 0 Å². The number of nitrogens with zero attached hydrogens (tertiary/aromatic N) is 2. The molecule has 0 spiro atoms. The number of hydrazine groups is 1. The summed E-state index contributed by atoms with van der Waals surface area (Å²) in [5, 5.41) is 0. The zero-order valence-electron chi connectivity index (χ0n) is 16.4. The Morgan fingerprint density at radius 2 is 2.07 bits per heavy atom. The van der Waals surface area contributed by atoms with Crippen molar-refractivity contribution in [2.24, 2.45) is 0 Å². The van der Waals surface area contributed by atoms with E-state index >= 15 is 0 Å². The van der Waals surface area contributed by atoms with E-state index < -0.39 is 0 Å². The van der Waals surface area contributed by atoms with Crippen LogP contribution in [0.15, 0.2) is 48.8 Å². The number of rotatable bonds is 7. The molecule has 0 radical (unpaired) electrons. The molecule has 2 fully saturated rings. The topological polar surface area (TPSA) is 66.5 Å². The van der Waals surface area contributed by atoms with E-state index in [2.05, 4.69) is 15.8 Å². The number of halogens is 1. The molecule has 4 rings (SSSR count). The number of ether oxygens (including phenoxy) is 1. The van der Waals surface area contributed by atoms with Crippen LogP contribution in [0.1, 0.15) is 37.2 Å². The largest absolute Gasteiger partial charge is 0.491 e. The molecule has 2 saturated heterocycles. The van der Waals surface area contributed by atoms with Crippen molar-refractivity contribution in [3.05, 3.63) is 60.2 Å². The summed E-state index contributed by atoms with van der Waals surface area (Å²) in [5.41, 5.74) is 7.90. The van der Waals surface area contributed by atoms with Crippen LogP contribution in [-0.2, 0) is 4.79 Å². The first kappa shape index (κ1) is 19.8. The van der Waals surface area contributed by atoms with Crippen LogP contribution in [0.25, 0.3) is 0 Å². The lowest BCUT2D eigenvalue weighted by atomic mass is 9.88. The van der Waals surface area contributed by atoms with E-state index in [0.717, 1.165) is 25.9 Å². The number of aromatic nitrogens is 1. The smallest absolute Gasteiger partial charge is 0.223 e. The molecule has 0 bridgehead atoms. The standard InChI is InChI=1S/C22H27FN4O2/c23-18-5-1-2-7-20(18)29-14-4-8-21(28)27-13-3-6-19(27)22-17(15-25-26-22)16-9-11-24-12-10-16/h1-2,5,7,9-12,17,19,22,25-26H,3-4,6,8,13-15H2. The van der Waals surface area contributed by atoms with Gasteiger partial charge in [-0.1, -0.05) is 12.1 Å². The van der Waals surface area contributed by atoms with E-state index in [-0.39, 0.29) is 29.6 Å². The number of amides is 1. The number of benzene rings is 1. The molecule has 6 nitrogen and oxygen atoms in total. The molecule has 2 aliphatic heterocycles. The van der Waals surface area contributed by atoms with E-state index in [1.165, 1.54) is 11.6 Å². The van der Waals surface area contributed by atoms with Gasteiger partial charge < -0.3 is 9.64 Å². The van der Waals surface area contributed by atoms with Gasteiger partial charge in [0.15, 0.2) is 11.6 Å². The molecule has 154 valence electrons. The Labute approximate surface area is 170 Å². The minimum Gasteiger partial charge on any atom is -0.491 e. The van der Waals surface area contributed by atoms with Crippen molar-refractivity contribution in [2.45, 2.75) is 43.7 Å². The fourth-order valence-electron chi connectivity index (χ4n) is 4.40. The lowest BCUT2D eigenvalue weighted by molar-refractivity contribution is -0.132.